The van der Waals surface area contributed by atoms with Gasteiger partial charge in [-0.25, -0.2) is 0 Å². The first-order valence-corrected chi connectivity index (χ1v) is 19.2. The van der Waals surface area contributed by atoms with Gasteiger partial charge in [0, 0.05) is 0 Å². The van der Waals surface area contributed by atoms with Crippen molar-refractivity contribution >= 4 is 0 Å². The van der Waals surface area contributed by atoms with Crippen molar-refractivity contribution in [2.45, 2.75) is 38.0 Å². The van der Waals surface area contributed by atoms with Crippen LogP contribution in [0.4, 0.5) is 0 Å². The summed E-state index contributed by atoms with van der Waals surface area (Å²) in [6, 6.07) is 70.9. The molecule has 0 spiro atoms. The maximum Gasteiger partial charge on any atom is 0.0716 e. The third kappa shape index (κ3) is 4.50. The van der Waals surface area contributed by atoms with Crippen LogP contribution in [0.5, 0.6) is 0 Å². The number of benzene rings is 8. The fraction of sp³-hybridized carbons (Fsp3) is 0.111. The lowest BCUT2D eigenvalue weighted by atomic mass is 9.66. The average Bonchev–Trinajstić information content (AvgIpc) is 3.70. The van der Waals surface area contributed by atoms with Crippen molar-refractivity contribution in [3.8, 4) is 22.3 Å². The largest absolute Gasteiger partial charge is 0.0716 e. The minimum Gasteiger partial charge on any atom is -0.0622 e. The predicted molar refractivity (Wildman–Crippen MR) is 225 cm³/mol. The van der Waals surface area contributed by atoms with Gasteiger partial charge >= 0.3 is 0 Å². The summed E-state index contributed by atoms with van der Waals surface area (Å²) in [5.74, 6) is 0. The Hall–Kier alpha value is -6.24. The van der Waals surface area contributed by atoms with E-state index >= 15 is 0 Å². The Morgan fingerprint density at radius 1 is 0.352 bits per heavy atom. The number of fused-ring (bicyclic) bond motifs is 6. The summed E-state index contributed by atoms with van der Waals surface area (Å²) in [5.41, 5.74) is 21.8. The average molecular weight is 691 g/mol. The Bertz CT molecular complexity index is 2660. The molecule has 0 fully saturated rings. The quantitative estimate of drug-likeness (QED) is 0.163. The Balaban J connectivity index is 1.20. The van der Waals surface area contributed by atoms with E-state index in [0.717, 1.165) is 6.42 Å². The summed E-state index contributed by atoms with van der Waals surface area (Å²) in [7, 11) is 0. The van der Waals surface area contributed by atoms with E-state index in [1.54, 1.807) is 0 Å². The van der Waals surface area contributed by atoms with E-state index in [9.17, 15) is 0 Å². The number of aryl methyl sites for hydroxylation is 3. The van der Waals surface area contributed by atoms with Gasteiger partial charge in [0.05, 0.1) is 10.8 Å². The van der Waals surface area contributed by atoms with Crippen molar-refractivity contribution in [3.63, 3.8) is 0 Å². The van der Waals surface area contributed by atoms with Crippen molar-refractivity contribution in [1.82, 2.24) is 0 Å². The summed E-state index contributed by atoms with van der Waals surface area (Å²) < 4.78 is 0. The zero-order chi connectivity index (χ0) is 36.4. The summed E-state index contributed by atoms with van der Waals surface area (Å²) in [6.45, 7) is 6.76. The van der Waals surface area contributed by atoms with Crippen molar-refractivity contribution in [2.24, 2.45) is 0 Å². The lowest BCUT2D eigenvalue weighted by Crippen LogP contribution is -2.29. The SMILES string of the molecule is Cc1ccc(C2(c3ccc(C)c(Cc4cccc5c4-c4ccccc4C5(c4ccccc4)c4ccccc4)c3)c3ccccc3-c3cccc(C)c32)cc1. The van der Waals surface area contributed by atoms with Crippen LogP contribution >= 0.6 is 0 Å². The monoisotopic (exact) mass is 690 g/mol. The van der Waals surface area contributed by atoms with Gasteiger partial charge in [0.1, 0.15) is 0 Å². The predicted octanol–water partition coefficient (Wildman–Crippen LogP) is 12.9. The van der Waals surface area contributed by atoms with Crippen LogP contribution in [0, 0.1) is 20.8 Å². The molecule has 0 nitrogen and oxygen atoms in total. The van der Waals surface area contributed by atoms with Crippen LogP contribution in [-0.2, 0) is 17.3 Å². The molecule has 0 amide bonds. The van der Waals surface area contributed by atoms with Gasteiger partial charge < -0.3 is 0 Å². The minimum absolute atomic E-state index is 0.411. The summed E-state index contributed by atoms with van der Waals surface area (Å²) in [5, 5.41) is 0. The molecule has 0 heterocycles. The number of rotatable bonds is 6. The fourth-order valence-electron chi connectivity index (χ4n) is 10.2. The highest BCUT2D eigenvalue weighted by Gasteiger charge is 2.48. The van der Waals surface area contributed by atoms with E-state index in [4.69, 9.17) is 0 Å². The van der Waals surface area contributed by atoms with E-state index in [2.05, 4.69) is 209 Å². The van der Waals surface area contributed by atoms with E-state index < -0.39 is 10.8 Å². The van der Waals surface area contributed by atoms with Gasteiger partial charge in [0.2, 0.25) is 0 Å². The molecule has 0 saturated carbocycles. The van der Waals surface area contributed by atoms with Crippen LogP contribution in [-0.4, -0.2) is 0 Å². The van der Waals surface area contributed by atoms with E-state index in [-0.39, 0.29) is 0 Å². The molecular formula is C54H42. The summed E-state index contributed by atoms with van der Waals surface area (Å²) >= 11 is 0. The Morgan fingerprint density at radius 2 is 0.889 bits per heavy atom. The Labute approximate surface area is 319 Å². The van der Waals surface area contributed by atoms with Crippen LogP contribution in [0.25, 0.3) is 22.3 Å². The molecule has 0 heteroatoms. The molecule has 2 aliphatic carbocycles. The van der Waals surface area contributed by atoms with Crippen LogP contribution in [0.3, 0.4) is 0 Å². The van der Waals surface area contributed by atoms with E-state index in [1.807, 2.05) is 0 Å². The van der Waals surface area contributed by atoms with Gasteiger partial charge in [-0.05, 0) is 116 Å². The normalized spacial score (nSPS) is 16.0. The van der Waals surface area contributed by atoms with Crippen molar-refractivity contribution in [2.75, 3.05) is 0 Å². The molecule has 0 aromatic heterocycles. The Kier molecular flexibility index (Phi) is 7.46. The van der Waals surface area contributed by atoms with Gasteiger partial charge in [0.15, 0.2) is 0 Å². The highest BCUT2D eigenvalue weighted by Crippen LogP contribution is 2.59. The Morgan fingerprint density at radius 3 is 1.59 bits per heavy atom. The molecule has 1 atom stereocenters. The first-order chi connectivity index (χ1) is 26.5. The smallest absolute Gasteiger partial charge is 0.0622 e. The molecule has 8 aromatic carbocycles. The third-order valence-electron chi connectivity index (χ3n) is 12.5. The summed E-state index contributed by atoms with van der Waals surface area (Å²) in [6.07, 6.45) is 0.836. The molecule has 0 aliphatic heterocycles. The maximum atomic E-state index is 2.54. The van der Waals surface area contributed by atoms with Crippen LogP contribution in [0.1, 0.15) is 72.3 Å². The van der Waals surface area contributed by atoms with Gasteiger partial charge in [-0.3, -0.25) is 0 Å². The van der Waals surface area contributed by atoms with Crippen LogP contribution in [0.15, 0.2) is 188 Å². The first kappa shape index (κ1) is 32.4. The molecule has 54 heavy (non-hydrogen) atoms. The zero-order valence-electron chi connectivity index (χ0n) is 31.1. The molecule has 10 rings (SSSR count). The third-order valence-corrected chi connectivity index (χ3v) is 12.5. The molecule has 0 N–H and O–H groups in total. The maximum absolute atomic E-state index is 2.54. The minimum atomic E-state index is -0.436. The molecular weight excluding hydrogens is 649 g/mol. The second kappa shape index (κ2) is 12.4. The highest BCUT2D eigenvalue weighted by molar-refractivity contribution is 5.89. The number of hydrogen-bond donors (Lipinski definition) is 0. The first-order valence-electron chi connectivity index (χ1n) is 19.2. The van der Waals surface area contributed by atoms with Crippen LogP contribution in [0.2, 0.25) is 0 Å². The van der Waals surface area contributed by atoms with Gasteiger partial charge in [0.25, 0.3) is 0 Å². The second-order valence-corrected chi connectivity index (χ2v) is 15.3. The number of hydrogen-bond acceptors (Lipinski definition) is 0. The standard InChI is InChI=1S/C54H42/c1-36-28-31-43(32-29-36)54(48-25-12-10-22-45(48)46-24-14-16-38(3)52(46)54)44-33-30-37(2)40(35-44)34-39-17-15-27-50-51(39)47-23-11-13-26-49(47)53(50,41-18-6-4-7-19-41)42-20-8-5-9-21-42/h4-33,35H,34H2,1-3H3. The van der Waals surface area contributed by atoms with Crippen LogP contribution < -0.4 is 0 Å². The van der Waals surface area contributed by atoms with Crippen molar-refractivity contribution in [3.05, 3.63) is 260 Å². The van der Waals surface area contributed by atoms with E-state index in [0.29, 0.717) is 0 Å². The molecule has 258 valence electrons. The molecule has 0 saturated heterocycles. The van der Waals surface area contributed by atoms with E-state index in [1.165, 1.54) is 94.6 Å². The molecule has 1 unspecified atom stereocenters. The second-order valence-electron chi connectivity index (χ2n) is 15.3. The highest BCUT2D eigenvalue weighted by atomic mass is 14.5. The molecule has 2 aliphatic rings. The van der Waals surface area contributed by atoms with Crippen molar-refractivity contribution < 1.29 is 0 Å². The molecule has 0 radical (unpaired) electrons. The zero-order valence-corrected chi connectivity index (χ0v) is 31.1. The van der Waals surface area contributed by atoms with Gasteiger partial charge in [-0.1, -0.05) is 194 Å². The van der Waals surface area contributed by atoms with Gasteiger partial charge in [-0.15, -0.1) is 0 Å². The van der Waals surface area contributed by atoms with Crippen molar-refractivity contribution in [1.29, 1.82) is 0 Å². The molecule has 8 aromatic rings. The topological polar surface area (TPSA) is 0 Å². The fourth-order valence-corrected chi connectivity index (χ4v) is 10.2. The lowest BCUT2D eigenvalue weighted by Gasteiger charge is -2.35. The lowest BCUT2D eigenvalue weighted by molar-refractivity contribution is 0.758. The molecule has 0 bridgehead atoms. The van der Waals surface area contributed by atoms with Gasteiger partial charge in [-0.2, -0.15) is 0 Å². The summed E-state index contributed by atoms with van der Waals surface area (Å²) in [4.78, 5) is 0.